The van der Waals surface area contributed by atoms with E-state index in [9.17, 15) is 9.90 Å². The first-order chi connectivity index (χ1) is 9.58. The molecule has 0 aromatic heterocycles. The molecule has 0 unspecified atom stereocenters. The van der Waals surface area contributed by atoms with Crippen molar-refractivity contribution in [3.63, 3.8) is 0 Å². The number of nitrogens with two attached hydrogens (primary N) is 1. The van der Waals surface area contributed by atoms with Gasteiger partial charge in [-0.05, 0) is 19.3 Å². The summed E-state index contributed by atoms with van der Waals surface area (Å²) in [5.41, 5.74) is 5.40. The molecule has 0 spiro atoms. The number of carbonyl (C=O) groups excluding carboxylic acids is 1. The number of ether oxygens (including phenoxy) is 2. The van der Waals surface area contributed by atoms with Gasteiger partial charge in [-0.1, -0.05) is 13.8 Å². The van der Waals surface area contributed by atoms with Crippen molar-refractivity contribution in [3.8, 4) is 0 Å². The van der Waals surface area contributed by atoms with Gasteiger partial charge in [0.2, 0.25) is 0 Å². The van der Waals surface area contributed by atoms with E-state index in [1.54, 1.807) is 0 Å². The summed E-state index contributed by atoms with van der Waals surface area (Å²) in [6.07, 6.45) is 1.73. The third-order valence-electron chi connectivity index (χ3n) is 2.15. The van der Waals surface area contributed by atoms with Crippen LogP contribution in [0.1, 0.15) is 33.1 Å². The molecule has 0 fully saturated rings. The van der Waals surface area contributed by atoms with Gasteiger partial charge in [-0.2, -0.15) is 0 Å². The maximum absolute atomic E-state index is 11.9. The number of aliphatic hydroxyl groups is 2. The number of rotatable bonds is 10. The van der Waals surface area contributed by atoms with Crippen LogP contribution in [-0.2, 0) is 14.3 Å². The van der Waals surface area contributed by atoms with Gasteiger partial charge in [-0.3, -0.25) is 4.99 Å². The second-order valence-corrected chi connectivity index (χ2v) is 4.01. The second kappa shape index (κ2) is 11.1. The molecule has 0 saturated carbocycles. The molecule has 0 aliphatic heterocycles. The average Bonchev–Trinajstić information content (AvgIpc) is 2.43. The van der Waals surface area contributed by atoms with Gasteiger partial charge in [0.05, 0.1) is 13.2 Å². The van der Waals surface area contributed by atoms with Crippen molar-refractivity contribution < 1.29 is 24.5 Å². The van der Waals surface area contributed by atoms with Gasteiger partial charge < -0.3 is 25.4 Å². The minimum Gasteiger partial charge on any atom is -0.480 e. The molecule has 0 atom stereocenters. The van der Waals surface area contributed by atoms with Crippen molar-refractivity contribution in [1.82, 2.24) is 0 Å². The van der Waals surface area contributed by atoms with Crippen LogP contribution in [0.4, 0.5) is 0 Å². The molecule has 0 amide bonds. The van der Waals surface area contributed by atoms with Crippen LogP contribution in [0.25, 0.3) is 0 Å². The largest absolute Gasteiger partial charge is 0.480 e. The molecular formula is C13H24N2O5. The summed E-state index contributed by atoms with van der Waals surface area (Å²) < 4.78 is 9.94. The molecular weight excluding hydrogens is 264 g/mol. The van der Waals surface area contributed by atoms with Crippen molar-refractivity contribution in [2.45, 2.75) is 33.1 Å². The molecule has 0 bridgehead atoms. The highest BCUT2D eigenvalue weighted by atomic mass is 16.6. The number of esters is 1. The highest BCUT2D eigenvalue weighted by molar-refractivity contribution is 6.18. The van der Waals surface area contributed by atoms with E-state index < -0.39 is 11.9 Å². The quantitative estimate of drug-likeness (QED) is 0.137. The lowest BCUT2D eigenvalue weighted by atomic mass is 10.2. The normalized spacial score (nSPS) is 12.8. The first kappa shape index (κ1) is 18.2. The molecule has 0 aliphatic rings. The first-order valence-corrected chi connectivity index (χ1v) is 6.72. The Labute approximate surface area is 119 Å². The fourth-order valence-corrected chi connectivity index (χ4v) is 1.19. The van der Waals surface area contributed by atoms with E-state index in [0.29, 0.717) is 19.3 Å². The Morgan fingerprint density at radius 1 is 1.20 bits per heavy atom. The fraction of sp³-hybridized carbons (Fsp3) is 0.692. The number of amidine groups is 1. The second-order valence-electron chi connectivity index (χ2n) is 4.01. The van der Waals surface area contributed by atoms with Crippen LogP contribution in [0.2, 0.25) is 0 Å². The van der Waals surface area contributed by atoms with E-state index in [4.69, 9.17) is 20.3 Å². The Morgan fingerprint density at radius 2 is 1.80 bits per heavy atom. The van der Waals surface area contributed by atoms with E-state index in [1.807, 2.05) is 13.8 Å². The van der Waals surface area contributed by atoms with Crippen LogP contribution in [0.5, 0.6) is 0 Å². The zero-order valence-corrected chi connectivity index (χ0v) is 12.1. The molecule has 0 aromatic carbocycles. The number of hydrogen-bond acceptors (Lipinski definition) is 6. The molecule has 0 aromatic rings. The van der Waals surface area contributed by atoms with Crippen LogP contribution in [0, 0.1) is 0 Å². The number of aliphatic imine (C=N–C) groups is 1. The van der Waals surface area contributed by atoms with Gasteiger partial charge in [0.15, 0.2) is 5.57 Å². The van der Waals surface area contributed by atoms with Gasteiger partial charge in [0.1, 0.15) is 5.84 Å². The molecule has 0 saturated heterocycles. The van der Waals surface area contributed by atoms with Gasteiger partial charge in [-0.25, -0.2) is 4.79 Å². The Hall–Kier alpha value is -1.76. The summed E-state index contributed by atoms with van der Waals surface area (Å²) in [6, 6.07) is 0. The third-order valence-corrected chi connectivity index (χ3v) is 2.15. The SMILES string of the molecule is CCCOC(=O)/C(C(N)=NCCCO)=C(\O)OCCC. The molecule has 0 aliphatic carbocycles. The zero-order chi connectivity index (χ0) is 15.4. The number of carbonyl (C=O) groups is 1. The van der Waals surface area contributed by atoms with E-state index in [0.717, 1.165) is 0 Å². The Morgan fingerprint density at radius 3 is 2.35 bits per heavy atom. The summed E-state index contributed by atoms with van der Waals surface area (Å²) in [4.78, 5) is 15.8. The average molecular weight is 288 g/mol. The topological polar surface area (TPSA) is 114 Å². The molecule has 0 radical (unpaired) electrons. The smallest absolute Gasteiger partial charge is 0.349 e. The van der Waals surface area contributed by atoms with Gasteiger partial charge in [0, 0.05) is 13.2 Å². The Bertz CT molecular complexity index is 353. The maximum atomic E-state index is 11.9. The van der Waals surface area contributed by atoms with E-state index in [2.05, 4.69) is 4.99 Å². The van der Waals surface area contributed by atoms with E-state index in [-0.39, 0.29) is 37.8 Å². The zero-order valence-electron chi connectivity index (χ0n) is 12.1. The summed E-state index contributed by atoms with van der Waals surface area (Å²) in [7, 11) is 0. The molecule has 0 heterocycles. The lowest BCUT2D eigenvalue weighted by Gasteiger charge is -2.10. The van der Waals surface area contributed by atoms with Crippen molar-refractivity contribution in [3.05, 3.63) is 11.5 Å². The highest BCUT2D eigenvalue weighted by Gasteiger charge is 2.22. The predicted molar refractivity (Wildman–Crippen MR) is 75.3 cm³/mol. The molecule has 20 heavy (non-hydrogen) atoms. The van der Waals surface area contributed by atoms with Crippen molar-refractivity contribution >= 4 is 11.8 Å². The van der Waals surface area contributed by atoms with Crippen LogP contribution < -0.4 is 5.73 Å². The summed E-state index contributed by atoms with van der Waals surface area (Å²) in [6.45, 7) is 4.39. The third kappa shape index (κ3) is 6.98. The number of nitrogens with zero attached hydrogens (tertiary/aromatic N) is 1. The molecule has 7 heteroatoms. The molecule has 4 N–H and O–H groups in total. The lowest BCUT2D eigenvalue weighted by Crippen LogP contribution is -2.26. The van der Waals surface area contributed by atoms with Crippen molar-refractivity contribution in [2.24, 2.45) is 10.7 Å². The maximum Gasteiger partial charge on any atom is 0.349 e. The van der Waals surface area contributed by atoms with Gasteiger partial charge in [0.25, 0.3) is 5.95 Å². The standard InChI is InChI=1S/C13H24N2O5/c1-3-8-19-12(17)10(13(18)20-9-4-2)11(14)15-6-5-7-16/h16-17H,3-9H2,1-2H3,(H2,14,15)/b12-10+. The molecule has 116 valence electrons. The van der Waals surface area contributed by atoms with E-state index >= 15 is 0 Å². The van der Waals surface area contributed by atoms with Gasteiger partial charge in [-0.15, -0.1) is 0 Å². The van der Waals surface area contributed by atoms with Gasteiger partial charge >= 0.3 is 5.97 Å². The Balaban J connectivity index is 5.03. The first-order valence-electron chi connectivity index (χ1n) is 6.72. The lowest BCUT2D eigenvalue weighted by molar-refractivity contribution is -0.139. The minimum atomic E-state index is -0.772. The van der Waals surface area contributed by atoms with Crippen molar-refractivity contribution in [1.29, 1.82) is 0 Å². The van der Waals surface area contributed by atoms with Crippen molar-refractivity contribution in [2.75, 3.05) is 26.4 Å². The van der Waals surface area contributed by atoms with Crippen LogP contribution in [0.15, 0.2) is 16.5 Å². The van der Waals surface area contributed by atoms with Crippen LogP contribution in [-0.4, -0.2) is 48.4 Å². The van der Waals surface area contributed by atoms with Crippen LogP contribution in [0.3, 0.4) is 0 Å². The summed E-state index contributed by atoms with van der Waals surface area (Å²) >= 11 is 0. The van der Waals surface area contributed by atoms with E-state index in [1.165, 1.54) is 0 Å². The predicted octanol–water partition coefficient (Wildman–Crippen LogP) is 0.875. The number of aliphatic hydroxyl groups excluding tert-OH is 2. The van der Waals surface area contributed by atoms with Crippen LogP contribution >= 0.6 is 0 Å². The monoisotopic (exact) mass is 288 g/mol. The Kier molecular flexibility index (Phi) is 10.1. The molecule has 0 rings (SSSR count). The summed E-state index contributed by atoms with van der Waals surface area (Å²) in [5, 5.41) is 18.5. The summed E-state index contributed by atoms with van der Waals surface area (Å²) in [5.74, 6) is -1.52. The highest BCUT2D eigenvalue weighted by Crippen LogP contribution is 2.08. The molecule has 7 nitrogen and oxygen atoms in total. The fourth-order valence-electron chi connectivity index (χ4n) is 1.19. The number of hydrogen-bond donors (Lipinski definition) is 3. The minimum absolute atomic E-state index is 0.0333.